The van der Waals surface area contributed by atoms with Gasteiger partial charge in [-0.25, -0.2) is 0 Å². The third-order valence-electron chi connectivity index (χ3n) is 5.10. The van der Waals surface area contributed by atoms with Crippen LogP contribution in [0.25, 0.3) is 0 Å². The van der Waals surface area contributed by atoms with Crippen molar-refractivity contribution in [2.45, 2.75) is 12.3 Å². The summed E-state index contributed by atoms with van der Waals surface area (Å²) in [5.74, 6) is -0.744. The molecule has 0 aromatic heterocycles. The highest BCUT2D eigenvalue weighted by molar-refractivity contribution is 6.30. The lowest BCUT2D eigenvalue weighted by molar-refractivity contribution is -0.384. The van der Waals surface area contributed by atoms with Crippen molar-refractivity contribution in [1.29, 1.82) is 5.26 Å². The molecule has 9 heteroatoms. The summed E-state index contributed by atoms with van der Waals surface area (Å²) in [6, 6.07) is 19.6. The van der Waals surface area contributed by atoms with Crippen molar-refractivity contribution in [3.8, 4) is 17.6 Å². The van der Waals surface area contributed by atoms with Crippen LogP contribution in [0.15, 0.2) is 78.2 Å². The first kappa shape index (κ1) is 21.9. The van der Waals surface area contributed by atoms with E-state index >= 15 is 0 Å². The molecule has 33 heavy (non-hydrogen) atoms. The summed E-state index contributed by atoms with van der Waals surface area (Å²) in [7, 11) is 0. The number of allylic oxidation sites excluding steroid dienone is 1. The van der Waals surface area contributed by atoms with Gasteiger partial charge in [-0.15, -0.1) is 0 Å². The van der Waals surface area contributed by atoms with Gasteiger partial charge in [0.1, 0.15) is 23.1 Å². The van der Waals surface area contributed by atoms with Gasteiger partial charge in [-0.05, 0) is 29.3 Å². The average Bonchev–Trinajstić information content (AvgIpc) is 2.79. The summed E-state index contributed by atoms with van der Waals surface area (Å²) >= 11 is 5.86. The molecule has 8 nitrogen and oxygen atoms in total. The van der Waals surface area contributed by atoms with E-state index < -0.39 is 16.8 Å². The van der Waals surface area contributed by atoms with Crippen molar-refractivity contribution in [3.63, 3.8) is 0 Å². The van der Waals surface area contributed by atoms with Crippen molar-refractivity contribution in [3.05, 3.63) is 110 Å². The molecule has 0 aliphatic carbocycles. The average molecular weight is 462 g/mol. The van der Waals surface area contributed by atoms with Gasteiger partial charge in [0.05, 0.1) is 17.3 Å². The summed E-state index contributed by atoms with van der Waals surface area (Å²) in [5, 5.41) is 21.4. The van der Waals surface area contributed by atoms with Crippen LogP contribution in [0.4, 0.5) is 5.69 Å². The SMILES string of the molecule is N#CC1=C(N)Oc2cc(OC(=O)Cc3ccc(Cl)cc3)ccc2C1c1cccc([N+](=O)[O-])c1. The largest absolute Gasteiger partial charge is 0.440 e. The maximum atomic E-state index is 12.3. The molecule has 3 aromatic rings. The first-order valence-corrected chi connectivity index (χ1v) is 10.1. The molecule has 3 aromatic carbocycles. The second-order valence-electron chi connectivity index (χ2n) is 7.25. The van der Waals surface area contributed by atoms with Gasteiger partial charge in [0.25, 0.3) is 5.69 Å². The highest BCUT2D eigenvalue weighted by Gasteiger charge is 2.31. The van der Waals surface area contributed by atoms with E-state index in [1.807, 2.05) is 6.07 Å². The standard InChI is InChI=1S/C24H16ClN3O5/c25-16-6-4-14(5-7-16)10-22(29)32-18-8-9-19-21(12-18)33-24(27)20(13-26)23(19)15-2-1-3-17(11-15)28(30)31/h1-9,11-12,23H,10,27H2. The van der Waals surface area contributed by atoms with Crippen molar-refractivity contribution in [2.75, 3.05) is 0 Å². The molecule has 0 amide bonds. The maximum absolute atomic E-state index is 12.3. The van der Waals surface area contributed by atoms with E-state index in [-0.39, 0.29) is 29.3 Å². The predicted octanol–water partition coefficient (Wildman–Crippen LogP) is 4.61. The van der Waals surface area contributed by atoms with Gasteiger partial charge in [0, 0.05) is 28.8 Å². The van der Waals surface area contributed by atoms with Crippen LogP contribution in [0.5, 0.6) is 11.5 Å². The van der Waals surface area contributed by atoms with Gasteiger partial charge in [0.2, 0.25) is 5.88 Å². The van der Waals surface area contributed by atoms with E-state index in [2.05, 4.69) is 0 Å². The first-order chi connectivity index (χ1) is 15.9. The minimum atomic E-state index is -0.669. The van der Waals surface area contributed by atoms with E-state index in [4.69, 9.17) is 26.8 Å². The Hall–Kier alpha value is -4.35. The zero-order chi connectivity index (χ0) is 23.5. The molecular formula is C24H16ClN3O5. The Bertz CT molecular complexity index is 1330. The molecule has 1 unspecified atom stereocenters. The molecule has 164 valence electrons. The third kappa shape index (κ3) is 4.63. The number of non-ortho nitro benzene ring substituents is 1. The van der Waals surface area contributed by atoms with Gasteiger partial charge in [-0.2, -0.15) is 5.26 Å². The normalized spacial score (nSPS) is 14.6. The van der Waals surface area contributed by atoms with Gasteiger partial charge in [0.15, 0.2) is 0 Å². The van der Waals surface area contributed by atoms with Crippen molar-refractivity contribution in [1.82, 2.24) is 0 Å². The van der Waals surface area contributed by atoms with Crippen LogP contribution in [0.1, 0.15) is 22.6 Å². The number of nitro benzene ring substituents is 1. The van der Waals surface area contributed by atoms with Crippen LogP contribution in [0.2, 0.25) is 5.02 Å². The number of nitro groups is 1. The fourth-order valence-corrected chi connectivity index (χ4v) is 3.72. The van der Waals surface area contributed by atoms with Crippen LogP contribution < -0.4 is 15.2 Å². The summed E-state index contributed by atoms with van der Waals surface area (Å²) in [4.78, 5) is 23.1. The molecule has 1 aliphatic rings. The summed E-state index contributed by atoms with van der Waals surface area (Å²) < 4.78 is 11.0. The second-order valence-corrected chi connectivity index (χ2v) is 7.69. The number of ether oxygens (including phenoxy) is 2. The number of rotatable bonds is 5. The van der Waals surface area contributed by atoms with Crippen molar-refractivity contribution in [2.24, 2.45) is 5.73 Å². The summed E-state index contributed by atoms with van der Waals surface area (Å²) in [5.41, 5.74) is 7.83. The number of benzene rings is 3. The molecule has 0 spiro atoms. The minimum Gasteiger partial charge on any atom is -0.440 e. The lowest BCUT2D eigenvalue weighted by Gasteiger charge is -2.26. The van der Waals surface area contributed by atoms with Crippen LogP contribution >= 0.6 is 11.6 Å². The highest BCUT2D eigenvalue weighted by atomic mass is 35.5. The van der Waals surface area contributed by atoms with E-state index in [1.54, 1.807) is 48.5 Å². The van der Waals surface area contributed by atoms with Crippen molar-refractivity contribution >= 4 is 23.3 Å². The van der Waals surface area contributed by atoms with Gasteiger partial charge >= 0.3 is 5.97 Å². The Balaban J connectivity index is 1.63. The van der Waals surface area contributed by atoms with Gasteiger partial charge in [-0.1, -0.05) is 41.9 Å². The fourth-order valence-electron chi connectivity index (χ4n) is 3.60. The number of hydrogen-bond donors (Lipinski definition) is 1. The molecule has 1 aliphatic heterocycles. The third-order valence-corrected chi connectivity index (χ3v) is 5.35. The number of nitriles is 1. The molecule has 0 saturated heterocycles. The van der Waals surface area contributed by atoms with Crippen LogP contribution in [0, 0.1) is 21.4 Å². The lowest BCUT2D eigenvalue weighted by atomic mass is 9.83. The lowest BCUT2D eigenvalue weighted by Crippen LogP contribution is -2.21. The second kappa shape index (κ2) is 9.02. The molecule has 0 radical (unpaired) electrons. The number of nitrogens with zero attached hydrogens (tertiary/aromatic N) is 2. The Kier molecular flexibility index (Phi) is 5.98. The molecule has 0 bridgehead atoms. The molecule has 0 saturated carbocycles. The maximum Gasteiger partial charge on any atom is 0.315 e. The van der Waals surface area contributed by atoms with E-state index in [0.717, 1.165) is 5.56 Å². The quantitative estimate of drug-likeness (QED) is 0.254. The molecule has 1 heterocycles. The van der Waals surface area contributed by atoms with E-state index in [1.165, 1.54) is 18.2 Å². The monoisotopic (exact) mass is 461 g/mol. The van der Waals surface area contributed by atoms with Crippen LogP contribution in [-0.2, 0) is 11.2 Å². The topological polar surface area (TPSA) is 128 Å². The summed E-state index contributed by atoms with van der Waals surface area (Å²) in [6.07, 6.45) is 0.0477. The molecule has 1 atom stereocenters. The van der Waals surface area contributed by atoms with Gasteiger partial charge in [-0.3, -0.25) is 14.9 Å². The number of nitrogens with two attached hydrogens (primary N) is 1. The smallest absolute Gasteiger partial charge is 0.315 e. The highest BCUT2D eigenvalue weighted by Crippen LogP contribution is 2.44. The Morgan fingerprint density at radius 1 is 1.18 bits per heavy atom. The van der Waals surface area contributed by atoms with Gasteiger partial charge < -0.3 is 15.2 Å². The Morgan fingerprint density at radius 2 is 1.94 bits per heavy atom. The van der Waals surface area contributed by atoms with E-state index in [9.17, 15) is 20.2 Å². The number of carbonyl (C=O) groups is 1. The first-order valence-electron chi connectivity index (χ1n) is 9.76. The number of carbonyl (C=O) groups excluding carboxylic acids is 1. The summed E-state index contributed by atoms with van der Waals surface area (Å²) in [6.45, 7) is 0. The number of fused-ring (bicyclic) bond motifs is 1. The zero-order valence-electron chi connectivity index (χ0n) is 17.0. The minimum absolute atomic E-state index is 0.0477. The molecule has 4 rings (SSSR count). The number of esters is 1. The van der Waals surface area contributed by atoms with E-state index in [0.29, 0.717) is 21.9 Å². The fraction of sp³-hybridized carbons (Fsp3) is 0.0833. The molecule has 2 N–H and O–H groups in total. The van der Waals surface area contributed by atoms with Crippen LogP contribution in [0.3, 0.4) is 0 Å². The Labute approximate surface area is 193 Å². The predicted molar refractivity (Wildman–Crippen MR) is 120 cm³/mol. The molecular weight excluding hydrogens is 446 g/mol. The molecule has 0 fully saturated rings. The Morgan fingerprint density at radius 3 is 2.64 bits per heavy atom. The van der Waals surface area contributed by atoms with Crippen LogP contribution in [-0.4, -0.2) is 10.9 Å². The number of hydrogen-bond acceptors (Lipinski definition) is 7. The number of halogens is 1. The van der Waals surface area contributed by atoms with Crippen molar-refractivity contribution < 1.29 is 19.2 Å². The zero-order valence-corrected chi connectivity index (χ0v) is 17.8.